The van der Waals surface area contributed by atoms with Crippen LogP contribution in [0, 0.1) is 11.8 Å². The molecule has 7 heteroatoms. The van der Waals surface area contributed by atoms with Crippen LogP contribution in [0.4, 0.5) is 0 Å². The molecule has 6 nitrogen and oxygen atoms in total. The quantitative estimate of drug-likeness (QED) is 0.635. The number of nitrogens with two attached hydrogens (primary N) is 1. The van der Waals surface area contributed by atoms with E-state index in [1.165, 1.54) is 4.90 Å². The minimum absolute atomic E-state index is 0.221. The highest BCUT2D eigenvalue weighted by Gasteiger charge is 2.70. The first-order valence-corrected chi connectivity index (χ1v) is 8.86. The maximum atomic E-state index is 12.9. The van der Waals surface area contributed by atoms with E-state index in [2.05, 4.69) is 0 Å². The van der Waals surface area contributed by atoms with E-state index in [1.54, 1.807) is 32.9 Å². The molecule has 0 saturated carbocycles. The van der Waals surface area contributed by atoms with Gasteiger partial charge in [-0.25, -0.2) is 4.79 Å². The molecule has 2 aliphatic rings. The van der Waals surface area contributed by atoms with E-state index in [0.29, 0.717) is 11.6 Å². The Morgan fingerprint density at radius 3 is 2.44 bits per heavy atom. The Kier molecular flexibility index (Phi) is 4.60. The first-order valence-electron chi connectivity index (χ1n) is 8.49. The van der Waals surface area contributed by atoms with Gasteiger partial charge in [0.1, 0.15) is 17.9 Å². The Morgan fingerprint density at radius 1 is 1.24 bits per heavy atom. The lowest BCUT2D eigenvalue weighted by Gasteiger charge is -2.25. The highest BCUT2D eigenvalue weighted by molar-refractivity contribution is 6.30. The summed E-state index contributed by atoms with van der Waals surface area (Å²) in [6, 6.07) is 6.84. The van der Waals surface area contributed by atoms with Crippen molar-refractivity contribution in [1.82, 2.24) is 4.90 Å². The number of rotatable bonds is 4. The summed E-state index contributed by atoms with van der Waals surface area (Å²) in [5.74, 6) is -2.27. The van der Waals surface area contributed by atoms with Gasteiger partial charge in [0.05, 0.1) is 6.61 Å². The molecule has 0 unspecified atom stereocenters. The van der Waals surface area contributed by atoms with Crippen LogP contribution in [-0.2, 0) is 19.1 Å². The van der Waals surface area contributed by atoms with E-state index in [0.717, 1.165) is 5.56 Å². The number of carbonyl (C=O) groups is 3. The van der Waals surface area contributed by atoms with E-state index in [1.807, 2.05) is 17.4 Å². The predicted molar refractivity (Wildman–Crippen MR) is 90.5 cm³/mol. The molecule has 0 spiro atoms. The largest absolute Gasteiger partial charge is 0.461 e. The van der Waals surface area contributed by atoms with E-state index < -0.39 is 23.3 Å². The Bertz CT molecular complexity index is 720. The standard InChI is InChI=1S/C18H21ClN2O4/c1-4-21-15(22)12-13(16(21)23)18(3,17(24)25-5-2)20-14(12)10-6-8-11(19)9-7-10/h6-9,12-14,20H,4-5H2,1-3H3/p+1/t12-,13+,14-,18-/m1/s1. The predicted octanol–water partition coefficient (Wildman–Crippen LogP) is 0.901. The molecule has 2 fully saturated rings. The van der Waals surface area contributed by atoms with Crippen LogP contribution in [0.15, 0.2) is 24.3 Å². The minimum atomic E-state index is -1.12. The Balaban J connectivity index is 2.07. The molecule has 0 aliphatic carbocycles. The molecule has 2 amide bonds. The van der Waals surface area contributed by atoms with Gasteiger partial charge in [-0.3, -0.25) is 14.5 Å². The van der Waals surface area contributed by atoms with E-state index in [-0.39, 0.29) is 24.5 Å². The summed E-state index contributed by atoms with van der Waals surface area (Å²) < 4.78 is 5.22. The molecule has 2 aliphatic heterocycles. The minimum Gasteiger partial charge on any atom is -0.461 e. The highest BCUT2D eigenvalue weighted by Crippen LogP contribution is 2.44. The lowest BCUT2D eigenvalue weighted by molar-refractivity contribution is -0.731. The summed E-state index contributed by atoms with van der Waals surface area (Å²) in [5.41, 5.74) is -0.256. The Morgan fingerprint density at radius 2 is 1.88 bits per heavy atom. The van der Waals surface area contributed by atoms with Crippen LogP contribution in [0.5, 0.6) is 0 Å². The third-order valence-electron chi connectivity index (χ3n) is 5.29. The number of fused-ring (bicyclic) bond motifs is 1. The molecular formula is C18H22ClN2O4+. The number of benzene rings is 1. The van der Waals surface area contributed by atoms with Crippen LogP contribution in [0.2, 0.25) is 5.02 Å². The topological polar surface area (TPSA) is 80.3 Å². The first-order chi connectivity index (χ1) is 11.8. The van der Waals surface area contributed by atoms with Gasteiger partial charge in [0.2, 0.25) is 17.4 Å². The van der Waals surface area contributed by atoms with Gasteiger partial charge in [-0.15, -0.1) is 0 Å². The molecule has 0 bridgehead atoms. The summed E-state index contributed by atoms with van der Waals surface area (Å²) >= 11 is 5.96. The Labute approximate surface area is 151 Å². The van der Waals surface area contributed by atoms with Crippen molar-refractivity contribution in [2.75, 3.05) is 13.2 Å². The van der Waals surface area contributed by atoms with Crippen LogP contribution in [-0.4, -0.2) is 41.4 Å². The average molecular weight is 366 g/mol. The number of ether oxygens (including phenoxy) is 1. The molecule has 25 heavy (non-hydrogen) atoms. The van der Waals surface area contributed by atoms with Crippen LogP contribution in [0.25, 0.3) is 0 Å². The zero-order valence-electron chi connectivity index (χ0n) is 14.5. The second-order valence-corrected chi connectivity index (χ2v) is 7.11. The zero-order valence-corrected chi connectivity index (χ0v) is 15.2. The van der Waals surface area contributed by atoms with Crippen LogP contribution >= 0.6 is 11.6 Å². The molecule has 1 aromatic carbocycles. The maximum Gasteiger partial charge on any atom is 0.368 e. The van der Waals surface area contributed by atoms with Crippen LogP contribution in [0.1, 0.15) is 32.4 Å². The molecule has 1 aromatic rings. The second kappa shape index (κ2) is 6.42. The molecule has 2 N–H and O–H groups in total. The van der Waals surface area contributed by atoms with Gasteiger partial charge in [-0.05, 0) is 26.0 Å². The van der Waals surface area contributed by atoms with Gasteiger partial charge >= 0.3 is 5.97 Å². The summed E-state index contributed by atoms with van der Waals surface area (Å²) in [6.07, 6.45) is 0. The number of hydrogen-bond acceptors (Lipinski definition) is 4. The van der Waals surface area contributed by atoms with Gasteiger partial charge in [0, 0.05) is 24.1 Å². The molecule has 3 rings (SSSR count). The normalized spacial score (nSPS) is 31.4. The third-order valence-corrected chi connectivity index (χ3v) is 5.54. The maximum absolute atomic E-state index is 12.9. The van der Waals surface area contributed by atoms with Gasteiger partial charge in [-0.2, -0.15) is 0 Å². The summed E-state index contributed by atoms with van der Waals surface area (Å²) in [5, 5.41) is 2.40. The SMILES string of the molecule is CCOC(=O)[C@]1(C)[NH2+][C@H](c2ccc(Cl)cc2)[C@@H]2C(=O)N(CC)C(=O)[C@H]21. The number of amides is 2. The van der Waals surface area contributed by atoms with Crippen molar-refractivity contribution >= 4 is 29.4 Å². The van der Waals surface area contributed by atoms with Crippen molar-refractivity contribution in [1.29, 1.82) is 0 Å². The van der Waals surface area contributed by atoms with Crippen molar-refractivity contribution in [3.8, 4) is 0 Å². The summed E-state index contributed by atoms with van der Waals surface area (Å²) in [4.78, 5) is 39.6. The fraction of sp³-hybridized carbons (Fsp3) is 0.500. The van der Waals surface area contributed by atoms with Crippen molar-refractivity contribution < 1.29 is 24.4 Å². The third kappa shape index (κ3) is 2.64. The highest BCUT2D eigenvalue weighted by atomic mass is 35.5. The number of esters is 1. The number of hydrogen-bond donors (Lipinski definition) is 1. The number of likely N-dealkylation sites (tertiary alicyclic amines) is 1. The zero-order chi connectivity index (χ0) is 18.4. The van der Waals surface area contributed by atoms with Crippen molar-refractivity contribution in [3.05, 3.63) is 34.9 Å². The molecule has 0 aromatic heterocycles. The number of imide groups is 1. The number of quaternary nitrogens is 1. The molecule has 2 saturated heterocycles. The molecule has 134 valence electrons. The smallest absolute Gasteiger partial charge is 0.368 e. The second-order valence-electron chi connectivity index (χ2n) is 6.67. The lowest BCUT2D eigenvalue weighted by atomic mass is 9.80. The number of halogens is 1. The average Bonchev–Trinajstić information content (AvgIpc) is 3.03. The van der Waals surface area contributed by atoms with Gasteiger partial charge in [-0.1, -0.05) is 23.7 Å². The van der Waals surface area contributed by atoms with Crippen molar-refractivity contribution in [2.45, 2.75) is 32.4 Å². The first kappa shape index (κ1) is 17.9. The molecule has 4 atom stereocenters. The molecule has 2 heterocycles. The van der Waals surface area contributed by atoms with Gasteiger partial charge in [0.15, 0.2) is 0 Å². The van der Waals surface area contributed by atoms with E-state index >= 15 is 0 Å². The van der Waals surface area contributed by atoms with Gasteiger partial charge in [0.25, 0.3) is 0 Å². The molecular weight excluding hydrogens is 344 g/mol. The fourth-order valence-electron chi connectivity index (χ4n) is 4.11. The summed E-state index contributed by atoms with van der Waals surface area (Å²) in [7, 11) is 0. The van der Waals surface area contributed by atoms with Crippen molar-refractivity contribution in [3.63, 3.8) is 0 Å². The monoisotopic (exact) mass is 365 g/mol. The Hall–Kier alpha value is -1.92. The van der Waals surface area contributed by atoms with E-state index in [9.17, 15) is 14.4 Å². The van der Waals surface area contributed by atoms with Crippen LogP contribution < -0.4 is 5.32 Å². The van der Waals surface area contributed by atoms with Crippen LogP contribution in [0.3, 0.4) is 0 Å². The van der Waals surface area contributed by atoms with E-state index in [4.69, 9.17) is 16.3 Å². The molecule has 0 radical (unpaired) electrons. The fourth-order valence-corrected chi connectivity index (χ4v) is 4.23. The van der Waals surface area contributed by atoms with Crippen molar-refractivity contribution in [2.24, 2.45) is 11.8 Å². The summed E-state index contributed by atoms with van der Waals surface area (Å²) in [6.45, 7) is 5.72. The number of nitrogens with zero attached hydrogens (tertiary/aromatic N) is 1. The van der Waals surface area contributed by atoms with Gasteiger partial charge < -0.3 is 10.1 Å². The number of carbonyl (C=O) groups excluding carboxylic acids is 3. The lowest BCUT2D eigenvalue weighted by Crippen LogP contribution is -2.97.